The molecule has 2 saturated heterocycles. The number of hydrogen-bond acceptors (Lipinski definition) is 4. The van der Waals surface area contributed by atoms with E-state index < -0.39 is 17.9 Å². The normalized spacial score (nSPS) is 28.4. The first-order valence-electron chi connectivity index (χ1n) is 8.65. The summed E-state index contributed by atoms with van der Waals surface area (Å²) >= 11 is 0. The highest BCUT2D eigenvalue weighted by Crippen LogP contribution is 2.51. The molecule has 0 aliphatic carbocycles. The number of hydrogen-bond donors (Lipinski definition) is 1. The summed E-state index contributed by atoms with van der Waals surface area (Å²) in [6, 6.07) is 15.8. The van der Waals surface area contributed by atoms with Crippen molar-refractivity contribution in [3.8, 4) is 0 Å². The van der Waals surface area contributed by atoms with Crippen molar-refractivity contribution in [1.82, 2.24) is 10.2 Å². The molecule has 3 aliphatic rings. The molecule has 0 spiro atoms. The lowest BCUT2D eigenvalue weighted by molar-refractivity contribution is -0.127. The summed E-state index contributed by atoms with van der Waals surface area (Å²) in [5, 5.41) is 2.44. The summed E-state index contributed by atoms with van der Waals surface area (Å²) < 4.78 is 0. The van der Waals surface area contributed by atoms with E-state index in [2.05, 4.69) is 5.32 Å². The fourth-order valence-electron chi connectivity index (χ4n) is 4.55. The van der Waals surface area contributed by atoms with Gasteiger partial charge in [-0.1, -0.05) is 54.6 Å². The van der Waals surface area contributed by atoms with Gasteiger partial charge in [0.15, 0.2) is 5.78 Å². The maximum Gasteiger partial charge on any atom is 0.233 e. The zero-order chi connectivity index (χ0) is 17.8. The van der Waals surface area contributed by atoms with Crippen LogP contribution in [0.5, 0.6) is 0 Å². The second-order valence-electron chi connectivity index (χ2n) is 6.92. The van der Waals surface area contributed by atoms with Crippen molar-refractivity contribution >= 4 is 23.7 Å². The standard InChI is InChI=1S/C21H16N2O3/c24-19(13-7-2-1-3-8-13)18-16-15(20(25)22-21(16)26)17-14-9-5-4-6-12(14)10-11-23(17)18/h1-11,15-18H,(H,22,25,26). The third-order valence-electron chi connectivity index (χ3n) is 5.63. The van der Waals surface area contributed by atoms with Crippen LogP contribution in [0.3, 0.4) is 0 Å². The maximum absolute atomic E-state index is 13.2. The Labute approximate surface area is 150 Å². The van der Waals surface area contributed by atoms with Gasteiger partial charge in [-0.05, 0) is 17.2 Å². The fourth-order valence-corrected chi connectivity index (χ4v) is 4.55. The van der Waals surface area contributed by atoms with Crippen LogP contribution in [0, 0.1) is 11.8 Å². The number of nitrogens with one attached hydrogen (secondary N) is 1. The Morgan fingerprint density at radius 2 is 1.58 bits per heavy atom. The quantitative estimate of drug-likeness (QED) is 0.670. The molecular weight excluding hydrogens is 328 g/mol. The number of nitrogens with zero attached hydrogens (tertiary/aromatic N) is 1. The number of carbonyl (C=O) groups excluding carboxylic acids is 3. The number of benzene rings is 2. The minimum absolute atomic E-state index is 0.128. The summed E-state index contributed by atoms with van der Waals surface area (Å²) in [4.78, 5) is 40.2. The van der Waals surface area contributed by atoms with Crippen molar-refractivity contribution in [3.63, 3.8) is 0 Å². The van der Waals surface area contributed by atoms with Crippen LogP contribution in [-0.2, 0) is 9.59 Å². The van der Waals surface area contributed by atoms with Crippen LogP contribution < -0.4 is 5.32 Å². The van der Waals surface area contributed by atoms with E-state index in [1.807, 2.05) is 47.5 Å². The van der Waals surface area contributed by atoms with Crippen LogP contribution in [0.25, 0.3) is 6.08 Å². The highest BCUT2D eigenvalue weighted by atomic mass is 16.2. The number of rotatable bonds is 2. The SMILES string of the molecule is O=C1NC(=O)C2C1C(C(=O)c1ccccc1)N1C=Cc3ccccc3C21. The summed E-state index contributed by atoms with van der Waals surface area (Å²) in [6.07, 6.45) is 3.80. The molecule has 2 aromatic carbocycles. The lowest BCUT2D eigenvalue weighted by Gasteiger charge is -2.34. The molecule has 4 atom stereocenters. The monoisotopic (exact) mass is 344 g/mol. The smallest absolute Gasteiger partial charge is 0.233 e. The first-order chi connectivity index (χ1) is 12.7. The van der Waals surface area contributed by atoms with E-state index in [1.54, 1.807) is 24.3 Å². The highest BCUT2D eigenvalue weighted by molar-refractivity contribution is 6.12. The van der Waals surface area contributed by atoms with Gasteiger partial charge in [0.2, 0.25) is 11.8 Å². The van der Waals surface area contributed by atoms with Crippen molar-refractivity contribution in [2.75, 3.05) is 0 Å². The first kappa shape index (κ1) is 15.1. The van der Waals surface area contributed by atoms with E-state index in [0.717, 1.165) is 11.1 Å². The van der Waals surface area contributed by atoms with Crippen molar-refractivity contribution in [2.45, 2.75) is 12.1 Å². The molecule has 1 N–H and O–H groups in total. The molecule has 4 unspecified atom stereocenters. The third-order valence-corrected chi connectivity index (χ3v) is 5.63. The molecule has 3 heterocycles. The minimum atomic E-state index is -0.677. The van der Waals surface area contributed by atoms with Gasteiger partial charge < -0.3 is 4.90 Å². The average Bonchev–Trinajstić information content (AvgIpc) is 3.17. The molecule has 0 radical (unpaired) electrons. The molecule has 0 bridgehead atoms. The fraction of sp³-hybridized carbons (Fsp3) is 0.190. The van der Waals surface area contributed by atoms with Crippen LogP contribution in [-0.4, -0.2) is 28.5 Å². The van der Waals surface area contributed by atoms with Gasteiger partial charge >= 0.3 is 0 Å². The molecule has 2 amide bonds. The lowest BCUT2D eigenvalue weighted by atomic mass is 9.83. The average molecular weight is 344 g/mol. The van der Waals surface area contributed by atoms with Gasteiger partial charge in [0.05, 0.1) is 17.9 Å². The second-order valence-corrected chi connectivity index (χ2v) is 6.92. The Morgan fingerprint density at radius 1 is 0.885 bits per heavy atom. The zero-order valence-electron chi connectivity index (χ0n) is 13.8. The van der Waals surface area contributed by atoms with Crippen LogP contribution in [0.4, 0.5) is 0 Å². The van der Waals surface area contributed by atoms with Crippen LogP contribution >= 0.6 is 0 Å². The van der Waals surface area contributed by atoms with E-state index in [4.69, 9.17) is 0 Å². The maximum atomic E-state index is 13.2. The van der Waals surface area contributed by atoms with E-state index in [0.29, 0.717) is 5.56 Å². The van der Waals surface area contributed by atoms with Crippen LogP contribution in [0.15, 0.2) is 60.8 Å². The Morgan fingerprint density at radius 3 is 2.38 bits per heavy atom. The lowest BCUT2D eigenvalue weighted by Crippen LogP contribution is -2.42. The minimum Gasteiger partial charge on any atom is -0.358 e. The van der Waals surface area contributed by atoms with Gasteiger partial charge in [-0.3, -0.25) is 19.7 Å². The van der Waals surface area contributed by atoms with E-state index >= 15 is 0 Å². The Kier molecular flexibility index (Phi) is 3.13. The molecule has 128 valence electrons. The molecular formula is C21H16N2O3. The number of amides is 2. The number of imide groups is 1. The van der Waals surface area contributed by atoms with Crippen LogP contribution in [0.1, 0.15) is 27.5 Å². The van der Waals surface area contributed by atoms with Crippen molar-refractivity contribution in [1.29, 1.82) is 0 Å². The first-order valence-corrected chi connectivity index (χ1v) is 8.65. The summed E-state index contributed by atoms with van der Waals surface area (Å²) in [5.74, 6) is -1.99. The van der Waals surface area contributed by atoms with Crippen molar-refractivity contribution < 1.29 is 14.4 Å². The molecule has 0 saturated carbocycles. The molecule has 26 heavy (non-hydrogen) atoms. The second kappa shape index (κ2) is 5.39. The van der Waals surface area contributed by atoms with Gasteiger partial charge in [0, 0.05) is 11.8 Å². The predicted molar refractivity (Wildman–Crippen MR) is 94.7 cm³/mol. The Bertz CT molecular complexity index is 966. The molecule has 2 fully saturated rings. The number of fused-ring (bicyclic) bond motifs is 5. The summed E-state index contributed by atoms with van der Waals surface area (Å²) in [5.41, 5.74) is 2.56. The van der Waals surface area contributed by atoms with E-state index in [1.165, 1.54) is 0 Å². The largest absolute Gasteiger partial charge is 0.358 e. The van der Waals surface area contributed by atoms with Gasteiger partial charge in [-0.25, -0.2) is 0 Å². The van der Waals surface area contributed by atoms with Crippen molar-refractivity contribution in [3.05, 3.63) is 77.5 Å². The highest BCUT2D eigenvalue weighted by Gasteiger charge is 2.61. The molecule has 5 nitrogen and oxygen atoms in total. The predicted octanol–water partition coefficient (Wildman–Crippen LogP) is 2.17. The van der Waals surface area contributed by atoms with Gasteiger partial charge in [0.1, 0.15) is 6.04 Å². The molecule has 0 aromatic heterocycles. The number of Topliss-reactive ketones (excluding diaryl/α,β-unsaturated/α-hetero) is 1. The summed E-state index contributed by atoms with van der Waals surface area (Å²) in [7, 11) is 0. The Hall–Kier alpha value is -3.21. The topological polar surface area (TPSA) is 66.5 Å². The molecule has 5 rings (SSSR count). The Balaban J connectivity index is 1.66. The summed E-state index contributed by atoms with van der Waals surface area (Å²) in [6.45, 7) is 0. The molecule has 5 heteroatoms. The van der Waals surface area contributed by atoms with E-state index in [9.17, 15) is 14.4 Å². The van der Waals surface area contributed by atoms with Gasteiger partial charge in [-0.15, -0.1) is 0 Å². The van der Waals surface area contributed by atoms with Gasteiger partial charge in [-0.2, -0.15) is 0 Å². The number of ketones is 1. The van der Waals surface area contributed by atoms with E-state index in [-0.39, 0.29) is 23.6 Å². The van der Waals surface area contributed by atoms with Crippen molar-refractivity contribution in [2.24, 2.45) is 11.8 Å². The van der Waals surface area contributed by atoms with Gasteiger partial charge in [0.25, 0.3) is 0 Å². The third kappa shape index (κ3) is 1.94. The zero-order valence-corrected chi connectivity index (χ0v) is 13.8. The molecule has 3 aliphatic heterocycles. The number of carbonyl (C=O) groups is 3. The molecule has 2 aromatic rings. The van der Waals surface area contributed by atoms with Crippen LogP contribution in [0.2, 0.25) is 0 Å².